The number of carbonyl (C=O) groups is 1. The fraction of sp³-hybridized carbons (Fsp3) is 0.143. The molecule has 9 heteroatoms. The van der Waals surface area contributed by atoms with Gasteiger partial charge >= 0.3 is 5.97 Å². The lowest BCUT2D eigenvalue weighted by molar-refractivity contribution is -0.133. The number of hydrogen-bond donors (Lipinski definition) is 3. The first-order valence-electron chi connectivity index (χ1n) is 6.72. The number of nitrogens with two attached hydrogens (primary N) is 1. The first-order chi connectivity index (χ1) is 11.0. The Labute approximate surface area is 135 Å². The zero-order valence-electron chi connectivity index (χ0n) is 12.2. The van der Waals surface area contributed by atoms with Crippen LogP contribution in [0.1, 0.15) is 5.56 Å². The second kappa shape index (κ2) is 6.13. The Morgan fingerprint density at radius 2 is 2.09 bits per heavy atom. The van der Waals surface area contributed by atoms with Gasteiger partial charge in [-0.05, 0) is 13.0 Å². The SMILES string of the molecule is Cc1ccc(-c2cc(-c3nnc(SCC(=O)O)n3N)[nH]n2)cc1. The normalized spacial score (nSPS) is 10.8. The number of nitrogens with one attached hydrogen (secondary N) is 1. The summed E-state index contributed by atoms with van der Waals surface area (Å²) in [6.45, 7) is 2.02. The Morgan fingerprint density at radius 1 is 1.35 bits per heavy atom. The highest BCUT2D eigenvalue weighted by Crippen LogP contribution is 2.24. The van der Waals surface area contributed by atoms with Crippen LogP contribution in [0.5, 0.6) is 0 Å². The number of rotatable bonds is 5. The van der Waals surface area contributed by atoms with Gasteiger partial charge in [-0.3, -0.25) is 9.89 Å². The van der Waals surface area contributed by atoms with Crippen LogP contribution in [0.4, 0.5) is 0 Å². The van der Waals surface area contributed by atoms with Crippen LogP contribution in [-0.2, 0) is 4.79 Å². The summed E-state index contributed by atoms with van der Waals surface area (Å²) in [5.74, 6) is 5.24. The number of thioether (sulfide) groups is 1. The van der Waals surface area contributed by atoms with Gasteiger partial charge in [0.2, 0.25) is 11.0 Å². The van der Waals surface area contributed by atoms with Crippen LogP contribution < -0.4 is 5.84 Å². The molecule has 118 valence electrons. The van der Waals surface area contributed by atoms with Crippen LogP contribution in [0.3, 0.4) is 0 Å². The van der Waals surface area contributed by atoms with Crippen molar-refractivity contribution in [1.82, 2.24) is 25.1 Å². The second-order valence-electron chi connectivity index (χ2n) is 4.89. The number of nitrogens with zero attached hydrogens (tertiary/aromatic N) is 4. The van der Waals surface area contributed by atoms with Gasteiger partial charge in [0.25, 0.3) is 0 Å². The van der Waals surface area contributed by atoms with Crippen molar-refractivity contribution in [2.45, 2.75) is 12.1 Å². The summed E-state index contributed by atoms with van der Waals surface area (Å²) in [7, 11) is 0. The standard InChI is InChI=1S/C14H14N6O2S/c1-8-2-4-9(5-3-8)10-6-11(17-16-10)13-18-19-14(20(13)15)23-7-12(21)22/h2-6H,7,15H2,1H3,(H,16,17)(H,21,22). The highest BCUT2D eigenvalue weighted by molar-refractivity contribution is 7.99. The molecule has 8 nitrogen and oxygen atoms in total. The molecule has 3 aromatic rings. The Kier molecular flexibility index (Phi) is 4.02. The van der Waals surface area contributed by atoms with Gasteiger partial charge in [-0.2, -0.15) is 5.10 Å². The summed E-state index contributed by atoms with van der Waals surface area (Å²) in [4.78, 5) is 10.6. The minimum atomic E-state index is -0.942. The van der Waals surface area contributed by atoms with E-state index in [9.17, 15) is 4.79 Å². The topological polar surface area (TPSA) is 123 Å². The van der Waals surface area contributed by atoms with Crippen molar-refractivity contribution in [1.29, 1.82) is 0 Å². The molecule has 0 radical (unpaired) electrons. The quantitative estimate of drug-likeness (QED) is 0.479. The largest absolute Gasteiger partial charge is 0.481 e. The third-order valence-corrected chi connectivity index (χ3v) is 4.08. The number of carboxylic acids is 1. The Hall–Kier alpha value is -2.81. The lowest BCUT2D eigenvalue weighted by Gasteiger charge is -2.00. The van der Waals surface area contributed by atoms with Crippen LogP contribution in [-0.4, -0.2) is 41.9 Å². The number of aromatic nitrogens is 5. The molecule has 0 amide bonds. The van der Waals surface area contributed by atoms with Gasteiger partial charge in [0.15, 0.2) is 0 Å². The first kappa shape index (κ1) is 15.1. The van der Waals surface area contributed by atoms with Crippen LogP contribution in [0.2, 0.25) is 0 Å². The Morgan fingerprint density at radius 3 is 2.78 bits per heavy atom. The smallest absolute Gasteiger partial charge is 0.313 e. The van der Waals surface area contributed by atoms with E-state index >= 15 is 0 Å². The molecule has 3 rings (SSSR count). The van der Waals surface area contributed by atoms with Crippen molar-refractivity contribution < 1.29 is 9.90 Å². The van der Waals surface area contributed by atoms with Crippen molar-refractivity contribution in [2.24, 2.45) is 0 Å². The van der Waals surface area contributed by atoms with Gasteiger partial charge in [0, 0.05) is 5.56 Å². The number of aliphatic carboxylic acids is 1. The molecule has 0 atom stereocenters. The summed E-state index contributed by atoms with van der Waals surface area (Å²) in [5.41, 5.74) is 3.52. The summed E-state index contributed by atoms with van der Waals surface area (Å²) < 4.78 is 1.25. The molecular weight excluding hydrogens is 316 g/mol. The Balaban J connectivity index is 1.86. The monoisotopic (exact) mass is 330 g/mol. The molecule has 0 aliphatic heterocycles. The molecule has 0 saturated heterocycles. The third kappa shape index (κ3) is 3.19. The fourth-order valence-electron chi connectivity index (χ4n) is 1.99. The van der Waals surface area contributed by atoms with E-state index in [1.807, 2.05) is 37.3 Å². The van der Waals surface area contributed by atoms with Gasteiger partial charge in [0.05, 0.1) is 11.4 Å². The average molecular weight is 330 g/mol. The van der Waals surface area contributed by atoms with Crippen molar-refractivity contribution in [3.8, 4) is 22.8 Å². The predicted molar refractivity (Wildman–Crippen MR) is 86.3 cm³/mol. The third-order valence-electron chi connectivity index (χ3n) is 3.16. The number of hydrogen-bond acceptors (Lipinski definition) is 6. The van der Waals surface area contributed by atoms with Crippen molar-refractivity contribution >= 4 is 17.7 Å². The number of aromatic amines is 1. The van der Waals surface area contributed by atoms with E-state index in [-0.39, 0.29) is 5.75 Å². The average Bonchev–Trinajstić information content (AvgIpc) is 3.13. The number of carboxylic acid groups (broad SMARTS) is 1. The maximum absolute atomic E-state index is 10.6. The Bertz CT molecular complexity index is 839. The van der Waals surface area contributed by atoms with E-state index in [0.717, 1.165) is 23.0 Å². The van der Waals surface area contributed by atoms with Crippen molar-refractivity contribution in [3.63, 3.8) is 0 Å². The molecule has 0 fully saturated rings. The highest BCUT2D eigenvalue weighted by atomic mass is 32.2. The molecule has 0 saturated carbocycles. The molecule has 0 spiro atoms. The molecule has 0 aliphatic rings. The second-order valence-corrected chi connectivity index (χ2v) is 5.83. The summed E-state index contributed by atoms with van der Waals surface area (Å²) in [6.07, 6.45) is 0. The van der Waals surface area contributed by atoms with Gasteiger partial charge in [0.1, 0.15) is 5.69 Å². The summed E-state index contributed by atoms with van der Waals surface area (Å²) in [5, 5.41) is 24.0. The van der Waals surface area contributed by atoms with Gasteiger partial charge < -0.3 is 10.9 Å². The maximum Gasteiger partial charge on any atom is 0.313 e. The van der Waals surface area contributed by atoms with Crippen molar-refractivity contribution in [2.75, 3.05) is 11.6 Å². The zero-order chi connectivity index (χ0) is 16.4. The predicted octanol–water partition coefficient (Wildman–Crippen LogP) is 1.53. The molecule has 2 heterocycles. The molecule has 0 aliphatic carbocycles. The first-order valence-corrected chi connectivity index (χ1v) is 7.71. The number of benzene rings is 1. The lowest BCUT2D eigenvalue weighted by Crippen LogP contribution is -2.12. The minimum Gasteiger partial charge on any atom is -0.481 e. The van der Waals surface area contributed by atoms with E-state index in [0.29, 0.717) is 16.7 Å². The molecule has 0 bridgehead atoms. The molecule has 4 N–H and O–H groups in total. The maximum atomic E-state index is 10.6. The lowest BCUT2D eigenvalue weighted by atomic mass is 10.1. The zero-order valence-corrected chi connectivity index (χ0v) is 13.0. The summed E-state index contributed by atoms with van der Waals surface area (Å²) in [6, 6.07) is 9.81. The van der Waals surface area contributed by atoms with E-state index < -0.39 is 5.97 Å². The van der Waals surface area contributed by atoms with Crippen LogP contribution >= 0.6 is 11.8 Å². The van der Waals surface area contributed by atoms with Crippen LogP contribution in [0, 0.1) is 6.92 Å². The number of nitrogen functional groups attached to an aromatic ring is 1. The van der Waals surface area contributed by atoms with Crippen LogP contribution in [0.15, 0.2) is 35.5 Å². The van der Waals surface area contributed by atoms with Gasteiger partial charge in [-0.1, -0.05) is 41.6 Å². The minimum absolute atomic E-state index is 0.132. The molecule has 23 heavy (non-hydrogen) atoms. The molecule has 0 unspecified atom stereocenters. The van der Waals surface area contributed by atoms with E-state index in [1.54, 1.807) is 0 Å². The van der Waals surface area contributed by atoms with E-state index in [1.165, 1.54) is 10.2 Å². The molecule has 2 aromatic heterocycles. The highest BCUT2D eigenvalue weighted by Gasteiger charge is 2.16. The summed E-state index contributed by atoms with van der Waals surface area (Å²) >= 11 is 1.01. The number of aryl methyl sites for hydroxylation is 1. The molecule has 1 aromatic carbocycles. The fourth-order valence-corrected chi connectivity index (χ4v) is 2.57. The van der Waals surface area contributed by atoms with Crippen molar-refractivity contribution in [3.05, 3.63) is 35.9 Å². The van der Waals surface area contributed by atoms with Gasteiger partial charge in [-0.25, -0.2) is 4.68 Å². The molecular formula is C14H14N6O2S. The van der Waals surface area contributed by atoms with Gasteiger partial charge in [-0.15, -0.1) is 10.2 Å². The van der Waals surface area contributed by atoms with E-state index in [2.05, 4.69) is 20.4 Å². The number of H-pyrrole nitrogens is 1. The van der Waals surface area contributed by atoms with E-state index in [4.69, 9.17) is 10.9 Å². The van der Waals surface area contributed by atoms with Crippen LogP contribution in [0.25, 0.3) is 22.8 Å².